The Balaban J connectivity index is 1.00. The van der Waals surface area contributed by atoms with Crippen LogP contribution in [0.5, 0.6) is 0 Å². The van der Waals surface area contributed by atoms with E-state index in [0.29, 0.717) is 0 Å². The molecular formula is C48H37N. The maximum atomic E-state index is 2.45. The molecule has 0 saturated heterocycles. The third-order valence-corrected chi connectivity index (χ3v) is 11.6. The van der Waals surface area contributed by atoms with E-state index in [-0.39, 0.29) is 10.8 Å². The van der Waals surface area contributed by atoms with Gasteiger partial charge < -0.3 is 4.57 Å². The minimum absolute atomic E-state index is 0.00771. The van der Waals surface area contributed by atoms with Crippen molar-refractivity contribution in [2.24, 2.45) is 0 Å². The van der Waals surface area contributed by atoms with Gasteiger partial charge in [-0.05, 0) is 109 Å². The summed E-state index contributed by atoms with van der Waals surface area (Å²) >= 11 is 0. The number of hydrogen-bond donors (Lipinski definition) is 0. The third-order valence-electron chi connectivity index (χ3n) is 11.6. The fourth-order valence-corrected chi connectivity index (χ4v) is 8.98. The summed E-state index contributed by atoms with van der Waals surface area (Å²) < 4.78 is 2.38. The van der Waals surface area contributed by atoms with Crippen molar-refractivity contribution in [3.05, 3.63) is 174 Å². The maximum Gasteiger partial charge on any atom is 0.0541 e. The van der Waals surface area contributed by atoms with Crippen molar-refractivity contribution < 1.29 is 0 Å². The SMILES string of the molecule is CC1(C)c2ccccc2-c2ccc(-c3ccc4c(c3)C(C)(C)c3cc(-c5ccc(-n6c7ccccc7c7ccccc76)cc5)ccc3-4)cc21. The van der Waals surface area contributed by atoms with Gasteiger partial charge in [0.25, 0.3) is 0 Å². The predicted molar refractivity (Wildman–Crippen MR) is 207 cm³/mol. The van der Waals surface area contributed by atoms with E-state index in [2.05, 4.69) is 184 Å². The van der Waals surface area contributed by atoms with Crippen molar-refractivity contribution in [2.75, 3.05) is 0 Å². The van der Waals surface area contributed by atoms with Gasteiger partial charge in [0, 0.05) is 27.3 Å². The fourth-order valence-electron chi connectivity index (χ4n) is 8.98. The first kappa shape index (κ1) is 28.4. The minimum Gasteiger partial charge on any atom is -0.309 e. The van der Waals surface area contributed by atoms with E-state index in [0.717, 1.165) is 0 Å². The van der Waals surface area contributed by atoms with E-state index in [9.17, 15) is 0 Å². The van der Waals surface area contributed by atoms with Gasteiger partial charge in [0.05, 0.1) is 11.0 Å². The molecule has 234 valence electrons. The lowest BCUT2D eigenvalue weighted by molar-refractivity contribution is 0.659. The van der Waals surface area contributed by atoms with Crippen molar-refractivity contribution in [3.8, 4) is 50.2 Å². The number of para-hydroxylation sites is 2. The van der Waals surface area contributed by atoms with Crippen LogP contribution in [0.25, 0.3) is 72.0 Å². The van der Waals surface area contributed by atoms with Crippen LogP contribution >= 0.6 is 0 Å². The van der Waals surface area contributed by atoms with Gasteiger partial charge in [-0.3, -0.25) is 0 Å². The van der Waals surface area contributed by atoms with Gasteiger partial charge in [-0.25, -0.2) is 0 Å². The molecule has 0 saturated carbocycles. The Bertz CT molecular complexity index is 2590. The first-order valence-corrected chi connectivity index (χ1v) is 17.4. The normalized spacial score (nSPS) is 14.9. The molecule has 1 heteroatoms. The molecule has 0 amide bonds. The number of benzene rings is 7. The summed E-state index contributed by atoms with van der Waals surface area (Å²) in [4.78, 5) is 0. The highest BCUT2D eigenvalue weighted by Gasteiger charge is 2.37. The summed E-state index contributed by atoms with van der Waals surface area (Å²) in [6.45, 7) is 9.50. The monoisotopic (exact) mass is 627 g/mol. The molecule has 7 aromatic carbocycles. The van der Waals surface area contributed by atoms with E-state index in [1.807, 2.05) is 0 Å². The average Bonchev–Trinajstić information content (AvgIpc) is 3.68. The van der Waals surface area contributed by atoms with E-state index in [1.165, 1.54) is 94.3 Å². The molecule has 0 unspecified atom stereocenters. The summed E-state index contributed by atoms with van der Waals surface area (Å²) in [7, 11) is 0. The van der Waals surface area contributed by atoms with Crippen LogP contribution in [0.3, 0.4) is 0 Å². The Morgan fingerprint density at radius 2 is 0.735 bits per heavy atom. The van der Waals surface area contributed by atoms with Crippen LogP contribution < -0.4 is 0 Å². The highest BCUT2D eigenvalue weighted by atomic mass is 15.0. The lowest BCUT2D eigenvalue weighted by atomic mass is 9.80. The molecule has 10 rings (SSSR count). The molecule has 0 bridgehead atoms. The highest BCUT2D eigenvalue weighted by molar-refractivity contribution is 6.09. The standard InChI is InChI=1S/C48H37N/c1-47(2)41-14-8-5-11-35(41)36-25-20-32(28-42(36)47)33-21-26-38-37-24-19-31(27-43(37)48(3,4)44(38)29-33)30-17-22-34(23-18-30)49-45-15-9-6-12-39(45)40-13-7-10-16-46(40)49/h5-29H,1-4H3. The fraction of sp³-hybridized carbons (Fsp3) is 0.125. The first-order chi connectivity index (χ1) is 23.8. The van der Waals surface area contributed by atoms with Gasteiger partial charge in [0.15, 0.2) is 0 Å². The average molecular weight is 628 g/mol. The van der Waals surface area contributed by atoms with Crippen LogP contribution in [0.15, 0.2) is 152 Å². The molecule has 0 radical (unpaired) electrons. The Kier molecular flexibility index (Phi) is 5.75. The van der Waals surface area contributed by atoms with Crippen molar-refractivity contribution in [1.82, 2.24) is 4.57 Å². The Morgan fingerprint density at radius 1 is 0.347 bits per heavy atom. The molecule has 0 aliphatic heterocycles. The topological polar surface area (TPSA) is 4.93 Å². The van der Waals surface area contributed by atoms with Gasteiger partial charge in [-0.2, -0.15) is 0 Å². The van der Waals surface area contributed by atoms with Crippen molar-refractivity contribution >= 4 is 21.8 Å². The molecule has 1 nitrogen and oxygen atoms in total. The molecule has 2 aliphatic carbocycles. The number of fused-ring (bicyclic) bond motifs is 9. The summed E-state index contributed by atoms with van der Waals surface area (Å²) in [5.41, 5.74) is 19.7. The number of hydrogen-bond acceptors (Lipinski definition) is 0. The van der Waals surface area contributed by atoms with Crippen LogP contribution in [0.2, 0.25) is 0 Å². The molecule has 0 fully saturated rings. The highest BCUT2D eigenvalue weighted by Crippen LogP contribution is 2.52. The van der Waals surface area contributed by atoms with Crippen LogP contribution in [0, 0.1) is 0 Å². The van der Waals surface area contributed by atoms with Gasteiger partial charge in [-0.1, -0.05) is 137 Å². The first-order valence-electron chi connectivity index (χ1n) is 17.4. The molecule has 1 heterocycles. The summed E-state index contributed by atoms with van der Waals surface area (Å²) in [5, 5.41) is 2.58. The van der Waals surface area contributed by atoms with Crippen LogP contribution in [-0.4, -0.2) is 4.57 Å². The largest absolute Gasteiger partial charge is 0.309 e. The molecule has 1 aromatic heterocycles. The predicted octanol–water partition coefficient (Wildman–Crippen LogP) is 12.7. The number of nitrogens with zero attached hydrogens (tertiary/aromatic N) is 1. The second-order valence-corrected chi connectivity index (χ2v) is 15.0. The van der Waals surface area contributed by atoms with Crippen molar-refractivity contribution in [3.63, 3.8) is 0 Å². The van der Waals surface area contributed by atoms with Gasteiger partial charge in [0.2, 0.25) is 0 Å². The Morgan fingerprint density at radius 3 is 1.27 bits per heavy atom. The zero-order chi connectivity index (χ0) is 33.1. The van der Waals surface area contributed by atoms with Gasteiger partial charge in [-0.15, -0.1) is 0 Å². The van der Waals surface area contributed by atoms with Crippen LogP contribution in [-0.2, 0) is 10.8 Å². The van der Waals surface area contributed by atoms with Crippen molar-refractivity contribution in [2.45, 2.75) is 38.5 Å². The van der Waals surface area contributed by atoms with Crippen molar-refractivity contribution in [1.29, 1.82) is 0 Å². The Labute approximate surface area is 288 Å². The lowest BCUT2D eigenvalue weighted by Gasteiger charge is -2.23. The van der Waals surface area contributed by atoms with E-state index in [4.69, 9.17) is 0 Å². The summed E-state index contributed by atoms with van der Waals surface area (Å²) in [6, 6.07) is 56.7. The zero-order valence-electron chi connectivity index (χ0n) is 28.4. The molecule has 2 aliphatic rings. The summed E-state index contributed by atoms with van der Waals surface area (Å²) in [5.74, 6) is 0. The zero-order valence-corrected chi connectivity index (χ0v) is 28.4. The second-order valence-electron chi connectivity index (χ2n) is 15.0. The molecular weight excluding hydrogens is 591 g/mol. The van der Waals surface area contributed by atoms with E-state index >= 15 is 0 Å². The smallest absolute Gasteiger partial charge is 0.0541 e. The lowest BCUT2D eigenvalue weighted by Crippen LogP contribution is -2.15. The van der Waals surface area contributed by atoms with Crippen LogP contribution in [0.1, 0.15) is 49.9 Å². The van der Waals surface area contributed by atoms with E-state index < -0.39 is 0 Å². The molecule has 0 N–H and O–H groups in total. The van der Waals surface area contributed by atoms with E-state index in [1.54, 1.807) is 0 Å². The summed E-state index contributed by atoms with van der Waals surface area (Å²) in [6.07, 6.45) is 0. The molecule has 0 atom stereocenters. The molecule has 49 heavy (non-hydrogen) atoms. The number of aromatic nitrogens is 1. The molecule has 0 spiro atoms. The maximum absolute atomic E-state index is 2.45. The minimum atomic E-state index is -0.105. The molecule has 8 aromatic rings. The quantitative estimate of drug-likeness (QED) is 0.184. The Hall–Kier alpha value is -5.66. The third kappa shape index (κ3) is 3.93. The van der Waals surface area contributed by atoms with Gasteiger partial charge in [0.1, 0.15) is 0 Å². The second kappa shape index (κ2) is 9.94. The number of rotatable bonds is 3. The van der Waals surface area contributed by atoms with Crippen LogP contribution in [0.4, 0.5) is 0 Å². The van der Waals surface area contributed by atoms with Gasteiger partial charge >= 0.3 is 0 Å².